The molecule has 18 heavy (non-hydrogen) atoms. The van der Waals surface area contributed by atoms with E-state index < -0.39 is 0 Å². The highest BCUT2D eigenvalue weighted by Gasteiger charge is 2.16. The number of nitrogens with one attached hydrogen (secondary N) is 2. The third kappa shape index (κ3) is 3.09. The zero-order valence-electron chi connectivity index (χ0n) is 10.3. The highest BCUT2D eigenvalue weighted by Crippen LogP contribution is 2.18. The molecular weight excluding hydrogens is 300 g/mol. The van der Waals surface area contributed by atoms with Crippen molar-refractivity contribution in [2.75, 3.05) is 32.1 Å². The smallest absolute Gasteiger partial charge is 0.283 e. The minimum Gasteiger partial charge on any atom is -0.383 e. The second-order valence-electron chi connectivity index (χ2n) is 4.23. The van der Waals surface area contributed by atoms with Crippen LogP contribution in [-0.4, -0.2) is 42.6 Å². The fourth-order valence-electron chi connectivity index (χ4n) is 1.90. The summed E-state index contributed by atoms with van der Waals surface area (Å²) >= 11 is 3.33. The van der Waals surface area contributed by atoms with Crippen LogP contribution in [0.4, 0.5) is 5.69 Å². The Balaban J connectivity index is 2.12. The highest BCUT2D eigenvalue weighted by atomic mass is 79.9. The second kappa shape index (κ2) is 6.31. The Morgan fingerprint density at radius 3 is 3.22 bits per heavy atom. The number of methoxy groups -OCH3 is 1. The molecule has 1 saturated heterocycles. The number of hydrogen-bond donors (Lipinski definition) is 2. The molecule has 0 aliphatic carbocycles. The van der Waals surface area contributed by atoms with Gasteiger partial charge in [0, 0.05) is 19.7 Å². The fraction of sp³-hybridized carbons (Fsp3) is 0.636. The Morgan fingerprint density at radius 1 is 1.72 bits per heavy atom. The lowest BCUT2D eigenvalue weighted by atomic mass is 10.2. The van der Waals surface area contributed by atoms with Crippen molar-refractivity contribution < 1.29 is 4.74 Å². The van der Waals surface area contributed by atoms with E-state index in [1.165, 1.54) is 4.68 Å². The molecule has 0 bridgehead atoms. The van der Waals surface area contributed by atoms with E-state index in [0.29, 0.717) is 23.7 Å². The lowest BCUT2D eigenvalue weighted by molar-refractivity contribution is 0.181. The summed E-state index contributed by atoms with van der Waals surface area (Å²) in [4.78, 5) is 12.0. The molecule has 1 aromatic rings. The van der Waals surface area contributed by atoms with Crippen LogP contribution in [0.2, 0.25) is 0 Å². The molecule has 1 atom stereocenters. The van der Waals surface area contributed by atoms with E-state index in [1.54, 1.807) is 13.3 Å². The van der Waals surface area contributed by atoms with Gasteiger partial charge in [-0.05, 0) is 28.9 Å². The summed E-state index contributed by atoms with van der Waals surface area (Å²) < 4.78 is 6.86. The van der Waals surface area contributed by atoms with E-state index in [-0.39, 0.29) is 5.56 Å². The first kappa shape index (κ1) is 13.5. The molecule has 0 radical (unpaired) electrons. The van der Waals surface area contributed by atoms with Gasteiger partial charge in [-0.2, -0.15) is 5.10 Å². The van der Waals surface area contributed by atoms with Gasteiger partial charge < -0.3 is 15.4 Å². The lowest BCUT2D eigenvalue weighted by Gasteiger charge is -2.14. The number of nitrogens with zero attached hydrogens (tertiary/aromatic N) is 2. The number of halogens is 1. The number of hydrogen-bond acceptors (Lipinski definition) is 5. The van der Waals surface area contributed by atoms with Crippen molar-refractivity contribution in [3.05, 3.63) is 21.0 Å². The molecule has 7 heteroatoms. The van der Waals surface area contributed by atoms with Crippen LogP contribution >= 0.6 is 15.9 Å². The zero-order valence-corrected chi connectivity index (χ0v) is 11.9. The van der Waals surface area contributed by atoms with Gasteiger partial charge in [-0.1, -0.05) is 0 Å². The van der Waals surface area contributed by atoms with Crippen molar-refractivity contribution in [3.8, 4) is 0 Å². The standard InChI is InChI=1S/C11H17BrN4O2/c1-18-5-4-16-11(17)10(12)9(7-14-16)15-8-2-3-13-6-8/h7-8,13,15H,2-6H2,1H3. The van der Waals surface area contributed by atoms with Gasteiger partial charge in [-0.15, -0.1) is 0 Å². The lowest BCUT2D eigenvalue weighted by Crippen LogP contribution is -2.28. The maximum absolute atomic E-state index is 12.0. The van der Waals surface area contributed by atoms with E-state index in [9.17, 15) is 4.79 Å². The molecule has 0 aromatic carbocycles. The number of rotatable bonds is 5. The van der Waals surface area contributed by atoms with Crippen molar-refractivity contribution in [3.63, 3.8) is 0 Å². The molecule has 2 rings (SSSR count). The Kier molecular flexibility index (Phi) is 4.73. The second-order valence-corrected chi connectivity index (χ2v) is 5.02. The van der Waals surface area contributed by atoms with Crippen LogP contribution in [0.3, 0.4) is 0 Å². The van der Waals surface area contributed by atoms with E-state index in [4.69, 9.17) is 4.74 Å². The Hall–Kier alpha value is -0.920. The highest BCUT2D eigenvalue weighted by molar-refractivity contribution is 9.10. The first-order chi connectivity index (χ1) is 8.72. The third-order valence-corrected chi connectivity index (χ3v) is 3.68. The van der Waals surface area contributed by atoms with Gasteiger partial charge >= 0.3 is 0 Å². The van der Waals surface area contributed by atoms with Crippen molar-refractivity contribution in [1.29, 1.82) is 0 Å². The molecular formula is C11H17BrN4O2. The normalized spacial score (nSPS) is 19.1. The van der Waals surface area contributed by atoms with Crippen LogP contribution in [0, 0.1) is 0 Å². The molecule has 2 N–H and O–H groups in total. The van der Waals surface area contributed by atoms with E-state index >= 15 is 0 Å². The summed E-state index contributed by atoms with van der Waals surface area (Å²) in [6, 6.07) is 0.359. The van der Waals surface area contributed by atoms with Crippen molar-refractivity contribution >= 4 is 21.6 Å². The van der Waals surface area contributed by atoms with Gasteiger partial charge in [0.05, 0.1) is 25.0 Å². The van der Waals surface area contributed by atoms with Gasteiger partial charge in [-0.3, -0.25) is 4.79 Å². The molecule has 1 fully saturated rings. The number of ether oxygens (including phenoxy) is 1. The van der Waals surface area contributed by atoms with Crippen molar-refractivity contribution in [1.82, 2.24) is 15.1 Å². The first-order valence-corrected chi connectivity index (χ1v) is 6.73. The van der Waals surface area contributed by atoms with Crippen LogP contribution in [0.15, 0.2) is 15.5 Å². The molecule has 6 nitrogen and oxygen atoms in total. The molecule has 0 saturated carbocycles. The third-order valence-electron chi connectivity index (χ3n) is 2.91. The van der Waals surface area contributed by atoms with Crippen molar-refractivity contribution in [2.24, 2.45) is 0 Å². The molecule has 1 aliphatic rings. The number of anilines is 1. The van der Waals surface area contributed by atoms with Crippen LogP contribution in [0.25, 0.3) is 0 Å². The fourth-order valence-corrected chi connectivity index (χ4v) is 2.32. The van der Waals surface area contributed by atoms with E-state index in [0.717, 1.165) is 25.2 Å². The van der Waals surface area contributed by atoms with Crippen LogP contribution in [-0.2, 0) is 11.3 Å². The average molecular weight is 317 g/mol. The molecule has 2 heterocycles. The minimum atomic E-state index is -0.136. The molecule has 1 aromatic heterocycles. The topological polar surface area (TPSA) is 68.2 Å². The van der Waals surface area contributed by atoms with Gasteiger partial charge in [0.15, 0.2) is 0 Å². The zero-order chi connectivity index (χ0) is 13.0. The summed E-state index contributed by atoms with van der Waals surface area (Å²) in [6.07, 6.45) is 2.73. The Bertz CT molecular complexity index is 457. The number of aromatic nitrogens is 2. The Morgan fingerprint density at radius 2 is 2.56 bits per heavy atom. The summed E-state index contributed by atoms with van der Waals surface area (Å²) in [5.41, 5.74) is 0.616. The summed E-state index contributed by atoms with van der Waals surface area (Å²) in [5.74, 6) is 0. The monoisotopic (exact) mass is 316 g/mol. The van der Waals surface area contributed by atoms with Gasteiger partial charge in [0.1, 0.15) is 4.47 Å². The van der Waals surface area contributed by atoms with E-state index in [1.807, 2.05) is 0 Å². The minimum absolute atomic E-state index is 0.136. The molecule has 1 unspecified atom stereocenters. The van der Waals surface area contributed by atoms with Gasteiger partial charge in [0.25, 0.3) is 5.56 Å². The summed E-state index contributed by atoms with van der Waals surface area (Å²) in [6.45, 7) is 2.85. The van der Waals surface area contributed by atoms with Crippen molar-refractivity contribution in [2.45, 2.75) is 19.0 Å². The maximum Gasteiger partial charge on any atom is 0.283 e. The SMILES string of the molecule is COCCn1ncc(NC2CCNC2)c(Br)c1=O. The van der Waals surface area contributed by atoms with Crippen LogP contribution in [0.5, 0.6) is 0 Å². The van der Waals surface area contributed by atoms with Gasteiger partial charge in [-0.25, -0.2) is 4.68 Å². The van der Waals surface area contributed by atoms with Crippen LogP contribution in [0.1, 0.15) is 6.42 Å². The van der Waals surface area contributed by atoms with Gasteiger partial charge in [0.2, 0.25) is 0 Å². The van der Waals surface area contributed by atoms with E-state index in [2.05, 4.69) is 31.7 Å². The summed E-state index contributed by atoms with van der Waals surface area (Å²) in [5, 5.41) is 10.7. The molecule has 1 aliphatic heterocycles. The Labute approximate surface area is 114 Å². The molecule has 0 amide bonds. The predicted octanol–water partition coefficient (Wildman–Crippen LogP) is 0.426. The quantitative estimate of drug-likeness (QED) is 0.824. The van der Waals surface area contributed by atoms with Crippen LogP contribution < -0.4 is 16.2 Å². The predicted molar refractivity (Wildman–Crippen MR) is 73.0 cm³/mol. The molecule has 100 valence electrons. The molecule has 0 spiro atoms. The largest absolute Gasteiger partial charge is 0.383 e. The summed E-state index contributed by atoms with van der Waals surface area (Å²) in [7, 11) is 1.60. The maximum atomic E-state index is 12.0. The first-order valence-electron chi connectivity index (χ1n) is 5.94. The average Bonchev–Trinajstić information content (AvgIpc) is 2.87.